The van der Waals surface area contributed by atoms with Crippen LogP contribution >= 0.6 is 0 Å². The highest BCUT2D eigenvalue weighted by atomic mass is 32.2. The van der Waals surface area contributed by atoms with Crippen molar-refractivity contribution >= 4 is 15.7 Å². The molecule has 1 aromatic carbocycles. The van der Waals surface area contributed by atoms with Gasteiger partial charge in [0.1, 0.15) is 5.82 Å². The number of hydrogen-bond acceptors (Lipinski definition) is 5. The molecule has 6 nitrogen and oxygen atoms in total. The Morgan fingerprint density at radius 1 is 1.24 bits per heavy atom. The summed E-state index contributed by atoms with van der Waals surface area (Å²) >= 11 is 0. The first-order valence-corrected chi connectivity index (χ1v) is 7.62. The third-order valence-electron chi connectivity index (χ3n) is 2.88. The molecule has 4 N–H and O–H groups in total. The third kappa shape index (κ3) is 3.54. The lowest BCUT2D eigenvalue weighted by Gasteiger charge is -2.15. The fourth-order valence-electron chi connectivity index (χ4n) is 1.82. The Hall–Kier alpha value is -2.03. The summed E-state index contributed by atoms with van der Waals surface area (Å²) in [6.07, 6.45) is 1.36. The zero-order valence-corrected chi connectivity index (χ0v) is 12.1. The van der Waals surface area contributed by atoms with E-state index in [0.29, 0.717) is 5.56 Å². The molecular formula is C13H15FN4O2S. The number of halogens is 1. The van der Waals surface area contributed by atoms with Crippen molar-refractivity contribution in [2.45, 2.75) is 18.0 Å². The molecule has 0 aliphatic heterocycles. The predicted molar refractivity (Wildman–Crippen MR) is 77.2 cm³/mol. The van der Waals surface area contributed by atoms with Gasteiger partial charge in [-0.3, -0.25) is 5.84 Å². The second kappa shape index (κ2) is 6.17. The highest BCUT2D eigenvalue weighted by Crippen LogP contribution is 2.20. The lowest BCUT2D eigenvalue weighted by Crippen LogP contribution is -2.29. The fraction of sp³-hybridized carbons (Fsp3) is 0.154. The summed E-state index contributed by atoms with van der Waals surface area (Å²) in [6, 6.07) is 8.11. The average Bonchev–Trinajstić information content (AvgIpc) is 2.47. The number of hydrazine groups is 1. The Morgan fingerprint density at radius 2 is 1.90 bits per heavy atom. The maximum Gasteiger partial charge on any atom is 0.260 e. The van der Waals surface area contributed by atoms with E-state index in [1.807, 2.05) is 0 Å². The minimum Gasteiger partial charge on any atom is -0.321 e. The molecule has 2 aromatic rings. The lowest BCUT2D eigenvalue weighted by atomic mass is 10.1. The Balaban J connectivity index is 2.26. The molecule has 0 bridgehead atoms. The molecule has 0 fully saturated rings. The average molecular weight is 310 g/mol. The molecule has 0 saturated carbocycles. The van der Waals surface area contributed by atoms with Crippen LogP contribution < -0.4 is 16.0 Å². The molecule has 2 rings (SSSR count). The van der Waals surface area contributed by atoms with Gasteiger partial charge >= 0.3 is 0 Å². The molecule has 0 amide bonds. The highest BCUT2D eigenvalue weighted by Gasteiger charge is 2.22. The SMILES string of the molecule is CC(NS(=O)(=O)c1ncccc1NN)c1ccc(F)cc1. The summed E-state index contributed by atoms with van der Waals surface area (Å²) in [7, 11) is -3.86. The quantitative estimate of drug-likeness (QED) is 0.575. The summed E-state index contributed by atoms with van der Waals surface area (Å²) < 4.78 is 40.0. The molecule has 112 valence electrons. The number of nitrogens with one attached hydrogen (secondary N) is 2. The summed E-state index contributed by atoms with van der Waals surface area (Å²) in [5, 5.41) is -0.193. The molecule has 21 heavy (non-hydrogen) atoms. The zero-order chi connectivity index (χ0) is 15.5. The van der Waals surface area contributed by atoms with Gasteiger partial charge in [0.2, 0.25) is 0 Å². The molecule has 1 atom stereocenters. The highest BCUT2D eigenvalue weighted by molar-refractivity contribution is 7.89. The monoisotopic (exact) mass is 310 g/mol. The number of pyridine rings is 1. The summed E-state index contributed by atoms with van der Waals surface area (Å²) in [5.41, 5.74) is 3.12. The number of nitrogens with zero attached hydrogens (tertiary/aromatic N) is 1. The van der Waals surface area contributed by atoms with E-state index in [1.165, 1.54) is 36.5 Å². The molecule has 0 spiro atoms. The van der Waals surface area contributed by atoms with E-state index in [1.54, 1.807) is 13.0 Å². The van der Waals surface area contributed by atoms with E-state index in [-0.39, 0.29) is 16.5 Å². The first kappa shape index (κ1) is 15.4. The number of nitrogens with two attached hydrogens (primary N) is 1. The summed E-state index contributed by atoms with van der Waals surface area (Å²) in [5.74, 6) is 4.90. The van der Waals surface area contributed by atoms with Gasteiger partial charge in [-0.15, -0.1) is 0 Å². The molecule has 1 unspecified atom stereocenters. The first-order chi connectivity index (χ1) is 9.94. The van der Waals surface area contributed by atoms with Crippen molar-refractivity contribution in [3.63, 3.8) is 0 Å². The van der Waals surface area contributed by atoms with Crippen molar-refractivity contribution in [2.75, 3.05) is 5.43 Å². The van der Waals surface area contributed by atoms with E-state index >= 15 is 0 Å². The second-order valence-corrected chi connectivity index (χ2v) is 6.02. The molecule has 1 heterocycles. The smallest absolute Gasteiger partial charge is 0.260 e. The van der Waals surface area contributed by atoms with Crippen molar-refractivity contribution in [2.24, 2.45) is 5.84 Å². The maximum atomic E-state index is 12.9. The zero-order valence-electron chi connectivity index (χ0n) is 11.2. The Labute approximate surface area is 122 Å². The fourth-order valence-corrected chi connectivity index (χ4v) is 3.15. The van der Waals surface area contributed by atoms with Gasteiger partial charge in [0.25, 0.3) is 10.0 Å². The van der Waals surface area contributed by atoms with Gasteiger partial charge in [-0.1, -0.05) is 12.1 Å². The van der Waals surface area contributed by atoms with Crippen LogP contribution in [-0.4, -0.2) is 13.4 Å². The Bertz CT molecular complexity index is 719. The van der Waals surface area contributed by atoms with E-state index in [0.717, 1.165) is 0 Å². The van der Waals surface area contributed by atoms with Crippen molar-refractivity contribution in [3.05, 3.63) is 54.0 Å². The van der Waals surface area contributed by atoms with Gasteiger partial charge in [-0.2, -0.15) is 0 Å². The van der Waals surface area contributed by atoms with Gasteiger partial charge in [0.15, 0.2) is 5.03 Å². The molecule has 1 aromatic heterocycles. The topological polar surface area (TPSA) is 97.1 Å². The van der Waals surface area contributed by atoms with E-state index < -0.39 is 16.1 Å². The molecular weight excluding hydrogens is 295 g/mol. The number of aromatic nitrogens is 1. The Kier molecular flexibility index (Phi) is 4.51. The van der Waals surface area contributed by atoms with Crippen LogP contribution in [0.5, 0.6) is 0 Å². The minimum absolute atomic E-state index is 0.191. The van der Waals surface area contributed by atoms with Gasteiger partial charge in [0.05, 0.1) is 5.69 Å². The lowest BCUT2D eigenvalue weighted by molar-refractivity contribution is 0.563. The number of hydrogen-bond donors (Lipinski definition) is 3. The third-order valence-corrected chi connectivity index (χ3v) is 4.38. The van der Waals surface area contributed by atoms with Crippen LogP contribution in [-0.2, 0) is 10.0 Å². The van der Waals surface area contributed by atoms with Crippen molar-refractivity contribution < 1.29 is 12.8 Å². The number of rotatable bonds is 5. The van der Waals surface area contributed by atoms with Gasteiger partial charge < -0.3 is 5.43 Å². The van der Waals surface area contributed by atoms with Crippen LogP contribution in [0.1, 0.15) is 18.5 Å². The van der Waals surface area contributed by atoms with E-state index in [4.69, 9.17) is 5.84 Å². The van der Waals surface area contributed by atoms with Crippen LogP contribution in [0.2, 0.25) is 0 Å². The largest absolute Gasteiger partial charge is 0.321 e. The van der Waals surface area contributed by atoms with Gasteiger partial charge in [-0.05, 0) is 36.8 Å². The van der Waals surface area contributed by atoms with Crippen molar-refractivity contribution in [1.82, 2.24) is 9.71 Å². The maximum absolute atomic E-state index is 12.9. The first-order valence-electron chi connectivity index (χ1n) is 6.13. The standard InChI is InChI=1S/C13H15FN4O2S/c1-9(10-4-6-11(14)7-5-10)18-21(19,20)13-12(17-15)3-2-8-16-13/h2-9,17-18H,15H2,1H3. The van der Waals surface area contributed by atoms with Crippen molar-refractivity contribution in [3.8, 4) is 0 Å². The van der Waals surface area contributed by atoms with Crippen LogP contribution in [0.3, 0.4) is 0 Å². The Morgan fingerprint density at radius 3 is 2.52 bits per heavy atom. The van der Waals surface area contributed by atoms with E-state index in [9.17, 15) is 12.8 Å². The minimum atomic E-state index is -3.86. The number of nitrogen functional groups attached to an aromatic ring is 1. The van der Waals surface area contributed by atoms with Crippen molar-refractivity contribution in [1.29, 1.82) is 0 Å². The molecule has 0 radical (unpaired) electrons. The van der Waals surface area contributed by atoms with Crippen LogP contribution in [0.25, 0.3) is 0 Å². The molecule has 8 heteroatoms. The van der Waals surface area contributed by atoms with Gasteiger partial charge in [0, 0.05) is 12.2 Å². The predicted octanol–water partition coefficient (Wildman–Crippen LogP) is 1.55. The number of sulfonamides is 1. The molecule has 0 aliphatic rings. The summed E-state index contributed by atoms with van der Waals surface area (Å²) in [6.45, 7) is 1.66. The summed E-state index contributed by atoms with van der Waals surface area (Å²) in [4.78, 5) is 3.83. The molecule has 0 saturated heterocycles. The second-order valence-electron chi connectivity index (χ2n) is 4.39. The normalized spacial score (nSPS) is 12.9. The van der Waals surface area contributed by atoms with Crippen LogP contribution in [0.15, 0.2) is 47.6 Å². The molecule has 0 aliphatic carbocycles. The van der Waals surface area contributed by atoms with Crippen LogP contribution in [0.4, 0.5) is 10.1 Å². The van der Waals surface area contributed by atoms with E-state index in [2.05, 4.69) is 15.1 Å². The van der Waals surface area contributed by atoms with Crippen LogP contribution in [0, 0.1) is 5.82 Å². The number of benzene rings is 1. The number of anilines is 1. The van der Waals surface area contributed by atoms with Gasteiger partial charge in [-0.25, -0.2) is 22.5 Å².